The van der Waals surface area contributed by atoms with Crippen LogP contribution >= 0.6 is 0 Å². The van der Waals surface area contributed by atoms with E-state index in [4.69, 9.17) is 9.84 Å². The van der Waals surface area contributed by atoms with Crippen molar-refractivity contribution in [2.24, 2.45) is 0 Å². The summed E-state index contributed by atoms with van der Waals surface area (Å²) in [7, 11) is 2.99. The van der Waals surface area contributed by atoms with Gasteiger partial charge in [0.05, 0.1) is 18.3 Å². The number of carboxylic acids is 1. The van der Waals surface area contributed by atoms with Crippen LogP contribution in [0.5, 0.6) is 0 Å². The molecule has 104 valence electrons. The monoisotopic (exact) mass is 268 g/mol. The van der Waals surface area contributed by atoms with Gasteiger partial charge in [-0.2, -0.15) is 0 Å². The van der Waals surface area contributed by atoms with E-state index in [0.717, 1.165) is 0 Å². The minimum Gasteiger partial charge on any atom is -0.477 e. The SMILES string of the molecule is COCC(O)CN(C)C(=O)c1ccc(C(=O)O)nc1. The van der Waals surface area contributed by atoms with Crippen LogP contribution in [0.15, 0.2) is 18.3 Å². The largest absolute Gasteiger partial charge is 0.477 e. The molecule has 1 atom stereocenters. The molecule has 1 aromatic heterocycles. The number of aliphatic hydroxyl groups excluding tert-OH is 1. The number of rotatable bonds is 6. The lowest BCUT2D eigenvalue weighted by atomic mass is 10.2. The van der Waals surface area contributed by atoms with Gasteiger partial charge >= 0.3 is 5.97 Å². The maximum Gasteiger partial charge on any atom is 0.354 e. The Labute approximate surface area is 110 Å². The minimum absolute atomic E-state index is 0.118. The van der Waals surface area contributed by atoms with Crippen molar-refractivity contribution in [1.82, 2.24) is 9.88 Å². The fraction of sp³-hybridized carbons (Fsp3) is 0.417. The zero-order valence-electron chi connectivity index (χ0n) is 10.7. The van der Waals surface area contributed by atoms with Crippen LogP contribution < -0.4 is 0 Å². The number of amides is 1. The molecule has 1 rings (SSSR count). The van der Waals surface area contributed by atoms with Crippen molar-refractivity contribution in [1.29, 1.82) is 0 Å². The van der Waals surface area contributed by atoms with E-state index in [2.05, 4.69) is 4.98 Å². The topological polar surface area (TPSA) is 100.0 Å². The number of nitrogens with zero attached hydrogens (tertiary/aromatic N) is 2. The number of carbonyl (C=O) groups is 2. The fourth-order valence-electron chi connectivity index (χ4n) is 1.51. The summed E-state index contributed by atoms with van der Waals surface area (Å²) in [5, 5.41) is 18.2. The van der Waals surface area contributed by atoms with Crippen LogP contribution in [0.4, 0.5) is 0 Å². The molecule has 2 N–H and O–H groups in total. The third kappa shape index (κ3) is 4.31. The highest BCUT2D eigenvalue weighted by molar-refractivity contribution is 5.94. The second kappa shape index (κ2) is 6.81. The molecule has 0 spiro atoms. The molecule has 0 aliphatic heterocycles. The van der Waals surface area contributed by atoms with Gasteiger partial charge in [0.1, 0.15) is 5.69 Å². The predicted molar refractivity (Wildman–Crippen MR) is 66.0 cm³/mol. The zero-order chi connectivity index (χ0) is 14.4. The Hall–Kier alpha value is -1.99. The summed E-state index contributed by atoms with van der Waals surface area (Å²) < 4.78 is 4.77. The molecular weight excluding hydrogens is 252 g/mol. The van der Waals surface area contributed by atoms with Crippen LogP contribution in [0.2, 0.25) is 0 Å². The molecule has 7 nitrogen and oxygen atoms in total. The Morgan fingerprint density at radius 2 is 2.16 bits per heavy atom. The summed E-state index contributed by atoms with van der Waals surface area (Å²) in [6.07, 6.45) is 0.426. The summed E-state index contributed by atoms with van der Waals surface area (Å²) in [5.41, 5.74) is 0.135. The number of hydrogen-bond acceptors (Lipinski definition) is 5. The van der Waals surface area contributed by atoms with E-state index in [-0.39, 0.29) is 30.3 Å². The van der Waals surface area contributed by atoms with E-state index in [1.54, 1.807) is 0 Å². The van der Waals surface area contributed by atoms with Gasteiger partial charge < -0.3 is 19.8 Å². The molecule has 1 heterocycles. The van der Waals surface area contributed by atoms with E-state index in [9.17, 15) is 14.7 Å². The molecule has 0 radical (unpaired) electrons. The number of hydrogen-bond donors (Lipinski definition) is 2. The van der Waals surface area contributed by atoms with E-state index < -0.39 is 12.1 Å². The second-order valence-electron chi connectivity index (χ2n) is 4.03. The Balaban J connectivity index is 2.68. The maximum atomic E-state index is 12.0. The molecule has 0 saturated heterocycles. The summed E-state index contributed by atoms with van der Waals surface area (Å²) in [4.78, 5) is 27.6. The number of likely N-dealkylation sites (N-methyl/N-ethyl adjacent to an activating group) is 1. The molecule has 0 aliphatic carbocycles. The average Bonchev–Trinajstić information content (AvgIpc) is 2.38. The first kappa shape index (κ1) is 15.1. The molecule has 0 aliphatic rings. The first-order chi connectivity index (χ1) is 8.95. The van der Waals surface area contributed by atoms with E-state index in [1.165, 1.54) is 37.4 Å². The molecule has 0 bridgehead atoms. The van der Waals surface area contributed by atoms with Crippen LogP contribution in [0, 0.1) is 0 Å². The molecule has 0 saturated carbocycles. The van der Waals surface area contributed by atoms with Crippen LogP contribution in [0.3, 0.4) is 0 Å². The van der Waals surface area contributed by atoms with Crippen molar-refractivity contribution in [3.63, 3.8) is 0 Å². The van der Waals surface area contributed by atoms with E-state index >= 15 is 0 Å². The summed E-state index contributed by atoms with van der Waals surface area (Å²) in [6, 6.07) is 2.65. The van der Waals surface area contributed by atoms with Gasteiger partial charge in [0.15, 0.2) is 0 Å². The van der Waals surface area contributed by atoms with Gasteiger partial charge in [0.25, 0.3) is 5.91 Å². The normalized spacial score (nSPS) is 11.9. The number of carbonyl (C=O) groups excluding carboxylic acids is 1. The molecule has 0 fully saturated rings. The summed E-state index contributed by atoms with van der Waals surface area (Å²) in [5.74, 6) is -1.50. The Morgan fingerprint density at radius 3 is 2.63 bits per heavy atom. The zero-order valence-corrected chi connectivity index (χ0v) is 10.7. The smallest absolute Gasteiger partial charge is 0.354 e. The number of methoxy groups -OCH3 is 1. The number of carboxylic acid groups (broad SMARTS) is 1. The van der Waals surface area contributed by atoms with Crippen LogP contribution in [-0.4, -0.2) is 65.4 Å². The lowest BCUT2D eigenvalue weighted by molar-refractivity contribution is 0.0380. The molecule has 19 heavy (non-hydrogen) atoms. The number of ether oxygens (including phenoxy) is 1. The Bertz CT molecular complexity index is 446. The highest BCUT2D eigenvalue weighted by atomic mass is 16.5. The van der Waals surface area contributed by atoms with Crippen LogP contribution in [0.1, 0.15) is 20.8 Å². The Kier molecular flexibility index (Phi) is 5.40. The Morgan fingerprint density at radius 1 is 1.47 bits per heavy atom. The van der Waals surface area contributed by atoms with Crippen LogP contribution in [0.25, 0.3) is 0 Å². The molecule has 1 unspecified atom stereocenters. The van der Waals surface area contributed by atoms with Gasteiger partial charge in [-0.3, -0.25) is 4.79 Å². The standard InChI is InChI=1S/C12H16N2O5/c1-14(6-9(15)7-19-2)11(16)8-3-4-10(12(17)18)13-5-8/h3-5,9,15H,6-7H2,1-2H3,(H,17,18). The second-order valence-corrected chi connectivity index (χ2v) is 4.03. The number of pyridine rings is 1. The van der Waals surface area contributed by atoms with E-state index in [0.29, 0.717) is 0 Å². The number of aliphatic hydroxyl groups is 1. The van der Waals surface area contributed by atoms with Crippen molar-refractivity contribution in [2.75, 3.05) is 27.3 Å². The lowest BCUT2D eigenvalue weighted by Crippen LogP contribution is -2.36. The van der Waals surface area contributed by atoms with Crippen molar-refractivity contribution < 1.29 is 24.5 Å². The third-order valence-corrected chi connectivity index (χ3v) is 2.42. The lowest BCUT2D eigenvalue weighted by Gasteiger charge is -2.20. The first-order valence-electron chi connectivity index (χ1n) is 5.57. The van der Waals surface area contributed by atoms with Crippen LogP contribution in [-0.2, 0) is 4.74 Å². The van der Waals surface area contributed by atoms with Gasteiger partial charge in [-0.1, -0.05) is 0 Å². The van der Waals surface area contributed by atoms with Crippen molar-refractivity contribution in [3.05, 3.63) is 29.6 Å². The summed E-state index contributed by atoms with van der Waals surface area (Å²) >= 11 is 0. The molecule has 1 aromatic rings. The van der Waals surface area contributed by atoms with Gasteiger partial charge in [-0.25, -0.2) is 9.78 Å². The molecule has 1 amide bonds. The summed E-state index contributed by atoms with van der Waals surface area (Å²) in [6.45, 7) is 0.251. The molecule has 7 heteroatoms. The third-order valence-electron chi connectivity index (χ3n) is 2.42. The van der Waals surface area contributed by atoms with Gasteiger partial charge in [-0.15, -0.1) is 0 Å². The van der Waals surface area contributed by atoms with Gasteiger partial charge in [0, 0.05) is 26.9 Å². The number of aromatic carboxylic acids is 1. The van der Waals surface area contributed by atoms with Crippen molar-refractivity contribution in [2.45, 2.75) is 6.10 Å². The maximum absolute atomic E-state index is 12.0. The van der Waals surface area contributed by atoms with Crippen molar-refractivity contribution >= 4 is 11.9 Å². The molecular formula is C12H16N2O5. The van der Waals surface area contributed by atoms with Gasteiger partial charge in [-0.05, 0) is 12.1 Å². The molecule has 0 aromatic carbocycles. The highest BCUT2D eigenvalue weighted by Crippen LogP contribution is 2.05. The van der Waals surface area contributed by atoms with E-state index in [1.807, 2.05) is 0 Å². The van der Waals surface area contributed by atoms with Crippen molar-refractivity contribution in [3.8, 4) is 0 Å². The average molecular weight is 268 g/mol. The minimum atomic E-state index is -1.15. The predicted octanol–water partition coefficient (Wildman–Crippen LogP) is -0.141. The fourth-order valence-corrected chi connectivity index (χ4v) is 1.51. The number of aromatic nitrogens is 1. The quantitative estimate of drug-likeness (QED) is 0.744. The van der Waals surface area contributed by atoms with Gasteiger partial charge in [0.2, 0.25) is 0 Å². The highest BCUT2D eigenvalue weighted by Gasteiger charge is 2.16. The first-order valence-corrected chi connectivity index (χ1v) is 5.57.